The average molecular weight is 126 g/mol. The topological polar surface area (TPSA) is 0 Å². The third kappa shape index (κ3) is 0.751. The molecule has 1 unspecified atom stereocenters. The van der Waals surface area contributed by atoms with Crippen LogP contribution in [0.1, 0.15) is 25.7 Å². The second kappa shape index (κ2) is 2.06. The van der Waals surface area contributed by atoms with Crippen LogP contribution < -0.4 is 0 Å². The van der Waals surface area contributed by atoms with Gasteiger partial charge in [0, 0.05) is 0 Å². The summed E-state index contributed by atoms with van der Waals surface area (Å²) in [6, 6.07) is 0. The van der Waals surface area contributed by atoms with E-state index in [4.69, 9.17) is 0 Å². The van der Waals surface area contributed by atoms with Gasteiger partial charge in [0.1, 0.15) is 0 Å². The van der Waals surface area contributed by atoms with Gasteiger partial charge >= 0.3 is 0 Å². The molecule has 2 aliphatic carbocycles. The Balaban J connectivity index is 0.000000320. The van der Waals surface area contributed by atoms with Crippen LogP contribution in [0.3, 0.4) is 0 Å². The van der Waals surface area contributed by atoms with Crippen molar-refractivity contribution >= 4 is 11.0 Å². The molecule has 1 saturated carbocycles. The van der Waals surface area contributed by atoms with Gasteiger partial charge in [-0.2, -0.15) is 0 Å². The highest BCUT2D eigenvalue weighted by Gasteiger charge is 2.22. The lowest BCUT2D eigenvalue weighted by atomic mass is 10.1. The van der Waals surface area contributed by atoms with Gasteiger partial charge in [-0.15, -0.1) is 0 Å². The third-order valence-corrected chi connectivity index (χ3v) is 2.16. The second-order valence-electron chi connectivity index (χ2n) is 2.71. The van der Waals surface area contributed by atoms with E-state index in [0.29, 0.717) is 0 Å². The molecule has 0 saturated heterocycles. The van der Waals surface area contributed by atoms with Crippen LogP contribution in [0.2, 0.25) is 0 Å². The summed E-state index contributed by atoms with van der Waals surface area (Å²) < 4.78 is 0. The predicted molar refractivity (Wildman–Crippen MR) is 41.4 cm³/mol. The molecule has 0 aliphatic heterocycles. The Labute approximate surface area is 55.0 Å². The van der Waals surface area contributed by atoms with E-state index in [1.54, 1.807) is 5.57 Å². The molecule has 1 heteroatoms. The molecule has 0 spiro atoms. The van der Waals surface area contributed by atoms with Crippen LogP contribution in [-0.2, 0) is 0 Å². The molecular formula is C7H14Si. The highest BCUT2D eigenvalue weighted by molar-refractivity contribution is 5.75. The third-order valence-electron chi connectivity index (χ3n) is 2.16. The van der Waals surface area contributed by atoms with E-state index in [1.807, 2.05) is 0 Å². The Hall–Kier alpha value is -0.0431. The summed E-state index contributed by atoms with van der Waals surface area (Å²) in [5.74, 6) is 1.08. The summed E-state index contributed by atoms with van der Waals surface area (Å²) in [6.45, 7) is 0. The molecule has 0 amide bonds. The lowest BCUT2D eigenvalue weighted by molar-refractivity contribution is 0.576. The molecule has 1 fully saturated rings. The highest BCUT2D eigenvalue weighted by atomic mass is 28.1. The maximum absolute atomic E-state index is 2.42. The molecule has 0 radical (unpaired) electrons. The molecule has 0 nitrogen and oxygen atoms in total. The van der Waals surface area contributed by atoms with Crippen LogP contribution in [0.15, 0.2) is 11.6 Å². The standard InChI is InChI=1S/C7H10.H4Si/c1-2-7-4-3-6(1)5-7;/h1,7H,2-5H2;1H4. The van der Waals surface area contributed by atoms with E-state index in [-0.39, 0.29) is 11.0 Å². The van der Waals surface area contributed by atoms with Crippen LogP contribution in [0, 0.1) is 5.92 Å². The van der Waals surface area contributed by atoms with Crippen molar-refractivity contribution in [3.63, 3.8) is 0 Å². The van der Waals surface area contributed by atoms with Gasteiger partial charge in [-0.3, -0.25) is 0 Å². The Kier molecular flexibility index (Phi) is 1.56. The zero-order chi connectivity index (χ0) is 4.69. The Bertz CT molecular complexity index is 116. The maximum atomic E-state index is 2.42. The molecule has 0 heterocycles. The molecule has 1 atom stereocenters. The largest absolute Gasteiger partial charge is 0.0850 e. The van der Waals surface area contributed by atoms with E-state index in [0.717, 1.165) is 5.92 Å². The lowest BCUT2D eigenvalue weighted by Gasteiger charge is -1.98. The fourth-order valence-electron chi connectivity index (χ4n) is 1.68. The van der Waals surface area contributed by atoms with E-state index in [9.17, 15) is 0 Å². The molecule has 2 rings (SSSR count). The molecule has 2 bridgehead atoms. The van der Waals surface area contributed by atoms with Gasteiger partial charge < -0.3 is 0 Å². The minimum atomic E-state index is 0. The lowest BCUT2D eigenvalue weighted by Crippen LogP contribution is -1.85. The van der Waals surface area contributed by atoms with E-state index in [1.165, 1.54) is 25.7 Å². The van der Waals surface area contributed by atoms with E-state index in [2.05, 4.69) is 6.08 Å². The summed E-state index contributed by atoms with van der Waals surface area (Å²) in [7, 11) is 0. The molecule has 2 aliphatic rings. The van der Waals surface area contributed by atoms with Gasteiger partial charge in [0.05, 0.1) is 0 Å². The van der Waals surface area contributed by atoms with Crippen molar-refractivity contribution in [2.45, 2.75) is 25.7 Å². The SMILES string of the molecule is C1=C2CCC(C1)C2.[SiH4]. The molecule has 0 aromatic heterocycles. The van der Waals surface area contributed by atoms with Crippen molar-refractivity contribution < 1.29 is 0 Å². The molecule has 0 aromatic carbocycles. The zero-order valence-corrected chi connectivity index (χ0v) is 4.48. The minimum absolute atomic E-state index is 0. The summed E-state index contributed by atoms with van der Waals surface area (Å²) in [5.41, 5.74) is 1.74. The van der Waals surface area contributed by atoms with Crippen molar-refractivity contribution in [2.24, 2.45) is 5.92 Å². The Morgan fingerprint density at radius 2 is 2.38 bits per heavy atom. The average Bonchev–Trinajstić information content (AvgIpc) is 2.22. The van der Waals surface area contributed by atoms with Crippen LogP contribution in [0.4, 0.5) is 0 Å². The fraction of sp³-hybridized carbons (Fsp3) is 0.714. The first-order chi connectivity index (χ1) is 3.45. The first-order valence-corrected chi connectivity index (χ1v) is 3.13. The molecule has 8 heavy (non-hydrogen) atoms. The van der Waals surface area contributed by atoms with Gasteiger partial charge in [-0.25, -0.2) is 0 Å². The van der Waals surface area contributed by atoms with Crippen LogP contribution in [0.5, 0.6) is 0 Å². The summed E-state index contributed by atoms with van der Waals surface area (Å²) >= 11 is 0. The van der Waals surface area contributed by atoms with Gasteiger partial charge in [0.25, 0.3) is 0 Å². The molecule has 0 aromatic rings. The van der Waals surface area contributed by atoms with Crippen molar-refractivity contribution in [3.05, 3.63) is 11.6 Å². The molecular weight excluding hydrogens is 112 g/mol. The fourth-order valence-corrected chi connectivity index (χ4v) is 1.68. The van der Waals surface area contributed by atoms with Crippen molar-refractivity contribution in [3.8, 4) is 0 Å². The van der Waals surface area contributed by atoms with Gasteiger partial charge in [0.2, 0.25) is 0 Å². The quantitative estimate of drug-likeness (QED) is 0.330. The minimum Gasteiger partial charge on any atom is -0.0850 e. The van der Waals surface area contributed by atoms with Crippen LogP contribution in [-0.4, -0.2) is 11.0 Å². The van der Waals surface area contributed by atoms with Crippen molar-refractivity contribution in [2.75, 3.05) is 0 Å². The van der Waals surface area contributed by atoms with E-state index >= 15 is 0 Å². The highest BCUT2D eigenvalue weighted by Crippen LogP contribution is 2.38. The predicted octanol–water partition coefficient (Wildman–Crippen LogP) is 0.665. The Morgan fingerprint density at radius 1 is 1.50 bits per heavy atom. The molecule has 0 N–H and O–H groups in total. The molecule has 46 valence electrons. The number of hydrogen-bond donors (Lipinski definition) is 0. The number of allylic oxidation sites excluding steroid dienone is 2. The first-order valence-electron chi connectivity index (χ1n) is 3.13. The summed E-state index contributed by atoms with van der Waals surface area (Å²) in [5, 5.41) is 0. The summed E-state index contributed by atoms with van der Waals surface area (Å²) in [4.78, 5) is 0. The van der Waals surface area contributed by atoms with E-state index < -0.39 is 0 Å². The number of rotatable bonds is 0. The maximum Gasteiger partial charge on any atom is -0.0149 e. The van der Waals surface area contributed by atoms with Crippen molar-refractivity contribution in [1.29, 1.82) is 0 Å². The Morgan fingerprint density at radius 3 is 2.50 bits per heavy atom. The van der Waals surface area contributed by atoms with Gasteiger partial charge in [0.15, 0.2) is 0 Å². The van der Waals surface area contributed by atoms with Gasteiger partial charge in [-0.1, -0.05) is 11.6 Å². The smallest absolute Gasteiger partial charge is 0.0149 e. The van der Waals surface area contributed by atoms with Crippen LogP contribution >= 0.6 is 0 Å². The number of fused-ring (bicyclic) bond motifs is 2. The van der Waals surface area contributed by atoms with Gasteiger partial charge in [-0.05, 0) is 42.6 Å². The van der Waals surface area contributed by atoms with Crippen LogP contribution in [0.25, 0.3) is 0 Å². The van der Waals surface area contributed by atoms with Crippen molar-refractivity contribution in [1.82, 2.24) is 0 Å². The second-order valence-corrected chi connectivity index (χ2v) is 2.71. The zero-order valence-electron chi connectivity index (χ0n) is 4.48. The monoisotopic (exact) mass is 126 g/mol. The first kappa shape index (κ1) is 6.08. The normalized spacial score (nSPS) is 32.0. The summed E-state index contributed by atoms with van der Waals surface area (Å²) in [6.07, 6.45) is 8.18. The number of hydrogen-bond acceptors (Lipinski definition) is 0.